The van der Waals surface area contributed by atoms with Gasteiger partial charge in [0, 0.05) is 34.1 Å². The van der Waals surface area contributed by atoms with E-state index in [0.717, 1.165) is 34.1 Å². The van der Waals surface area contributed by atoms with Crippen LogP contribution in [-0.4, -0.2) is 0 Å². The SMILES string of the molecule is c1ccc(N(c2ccccc2)c2ccc(N(c3ccccc3)c3ccc(-c4c5ccccc5c(-c5ccc(-c6cccc7ccccc67)cc5)c5ccccc45)cc3)cc2)cc1. The zero-order valence-corrected chi connectivity index (χ0v) is 34.1. The van der Waals surface area contributed by atoms with Crippen molar-refractivity contribution in [2.75, 3.05) is 9.80 Å². The molecule has 0 heterocycles. The lowest BCUT2D eigenvalue weighted by molar-refractivity contribution is 1.26. The number of fused-ring (bicyclic) bond motifs is 3. The Bertz CT molecular complexity index is 3200. The maximum Gasteiger partial charge on any atom is 0.0463 e. The van der Waals surface area contributed by atoms with Gasteiger partial charge in [-0.3, -0.25) is 0 Å². The molecule has 0 saturated carbocycles. The Labute approximate surface area is 362 Å². The lowest BCUT2D eigenvalue weighted by Crippen LogP contribution is -2.12. The lowest BCUT2D eigenvalue weighted by atomic mass is 9.85. The van der Waals surface area contributed by atoms with Gasteiger partial charge in [0.15, 0.2) is 0 Å². The molecule has 0 amide bonds. The fraction of sp³-hybridized carbons (Fsp3) is 0. The van der Waals surface area contributed by atoms with Crippen LogP contribution in [0.3, 0.4) is 0 Å². The first-order valence-corrected chi connectivity index (χ1v) is 21.3. The third kappa shape index (κ3) is 6.74. The van der Waals surface area contributed by atoms with Gasteiger partial charge in [-0.2, -0.15) is 0 Å². The van der Waals surface area contributed by atoms with Crippen molar-refractivity contribution in [1.82, 2.24) is 0 Å². The van der Waals surface area contributed by atoms with Crippen LogP contribution in [0.25, 0.3) is 65.7 Å². The molecule has 11 aromatic carbocycles. The molecular weight excluding hydrogens is 749 g/mol. The van der Waals surface area contributed by atoms with Gasteiger partial charge in [-0.15, -0.1) is 0 Å². The number of para-hydroxylation sites is 3. The molecule has 2 heteroatoms. The van der Waals surface area contributed by atoms with Crippen molar-refractivity contribution in [3.05, 3.63) is 255 Å². The van der Waals surface area contributed by atoms with Crippen molar-refractivity contribution in [3.63, 3.8) is 0 Å². The topological polar surface area (TPSA) is 6.48 Å². The molecule has 0 unspecified atom stereocenters. The Kier molecular flexibility index (Phi) is 9.57. The summed E-state index contributed by atoms with van der Waals surface area (Å²) in [4.78, 5) is 4.64. The molecule has 0 bridgehead atoms. The second kappa shape index (κ2) is 16.1. The van der Waals surface area contributed by atoms with E-state index in [-0.39, 0.29) is 0 Å². The Morgan fingerprint density at radius 1 is 0.194 bits per heavy atom. The third-order valence-electron chi connectivity index (χ3n) is 12.0. The smallest absolute Gasteiger partial charge is 0.0463 e. The van der Waals surface area contributed by atoms with Crippen LogP contribution in [-0.2, 0) is 0 Å². The zero-order chi connectivity index (χ0) is 41.2. The fourth-order valence-electron chi connectivity index (χ4n) is 9.20. The normalized spacial score (nSPS) is 11.2. The van der Waals surface area contributed by atoms with Crippen molar-refractivity contribution < 1.29 is 0 Å². The first-order valence-electron chi connectivity index (χ1n) is 21.3. The van der Waals surface area contributed by atoms with Crippen molar-refractivity contribution in [2.24, 2.45) is 0 Å². The molecular formula is C60H42N2. The van der Waals surface area contributed by atoms with Gasteiger partial charge < -0.3 is 9.80 Å². The minimum Gasteiger partial charge on any atom is -0.311 e. The standard InChI is InChI=1S/C60H42N2/c1-4-19-47(20-5-1)61(48-21-6-2-7-22-48)51-39-41-52(42-40-51)62(49-23-8-3-9-24-49)50-37-35-46(36-38-50)60-57-28-14-12-26-55(57)59(56-27-13-15-29-58(56)60)45-33-31-44(32-34-45)54-30-16-18-43-17-10-11-25-53(43)54/h1-42H. The predicted octanol–water partition coefficient (Wildman–Crippen LogP) is 17.1. The van der Waals surface area contributed by atoms with Crippen LogP contribution in [0.2, 0.25) is 0 Å². The minimum absolute atomic E-state index is 1.08. The van der Waals surface area contributed by atoms with Gasteiger partial charge in [0.05, 0.1) is 0 Å². The van der Waals surface area contributed by atoms with Crippen LogP contribution < -0.4 is 9.80 Å². The fourth-order valence-corrected chi connectivity index (χ4v) is 9.20. The second-order valence-corrected chi connectivity index (χ2v) is 15.7. The number of hydrogen-bond acceptors (Lipinski definition) is 2. The van der Waals surface area contributed by atoms with Crippen molar-refractivity contribution in [1.29, 1.82) is 0 Å². The van der Waals surface area contributed by atoms with Crippen molar-refractivity contribution >= 4 is 66.4 Å². The molecule has 292 valence electrons. The lowest BCUT2D eigenvalue weighted by Gasteiger charge is -2.28. The number of nitrogens with zero attached hydrogens (tertiary/aromatic N) is 2. The summed E-state index contributed by atoms with van der Waals surface area (Å²) in [5.74, 6) is 0. The van der Waals surface area contributed by atoms with Crippen LogP contribution in [0.1, 0.15) is 0 Å². The average molecular weight is 791 g/mol. The molecule has 0 aliphatic rings. The molecule has 0 saturated heterocycles. The molecule has 0 aliphatic carbocycles. The number of anilines is 6. The van der Waals surface area contributed by atoms with E-state index in [1.807, 2.05) is 0 Å². The summed E-state index contributed by atoms with van der Waals surface area (Å²) in [7, 11) is 0. The molecule has 0 atom stereocenters. The molecule has 0 spiro atoms. The summed E-state index contributed by atoms with van der Waals surface area (Å²) in [6.45, 7) is 0. The van der Waals surface area contributed by atoms with Gasteiger partial charge in [-0.25, -0.2) is 0 Å². The number of hydrogen-bond donors (Lipinski definition) is 0. The minimum atomic E-state index is 1.08. The monoisotopic (exact) mass is 790 g/mol. The average Bonchev–Trinajstić information content (AvgIpc) is 3.35. The van der Waals surface area contributed by atoms with Gasteiger partial charge in [0.2, 0.25) is 0 Å². The molecule has 0 N–H and O–H groups in total. The van der Waals surface area contributed by atoms with Gasteiger partial charge in [0.25, 0.3) is 0 Å². The Morgan fingerprint density at radius 3 is 0.903 bits per heavy atom. The number of benzene rings is 11. The molecule has 11 aromatic rings. The number of rotatable bonds is 9. The first-order chi connectivity index (χ1) is 30.8. The molecule has 0 fully saturated rings. The largest absolute Gasteiger partial charge is 0.311 e. The van der Waals surface area contributed by atoms with Crippen LogP contribution >= 0.6 is 0 Å². The van der Waals surface area contributed by atoms with E-state index in [1.54, 1.807) is 0 Å². The maximum atomic E-state index is 2.34. The van der Waals surface area contributed by atoms with Crippen molar-refractivity contribution in [2.45, 2.75) is 0 Å². The van der Waals surface area contributed by atoms with Crippen LogP contribution in [0.4, 0.5) is 34.1 Å². The van der Waals surface area contributed by atoms with Gasteiger partial charge >= 0.3 is 0 Å². The highest BCUT2D eigenvalue weighted by molar-refractivity contribution is 6.21. The van der Waals surface area contributed by atoms with Crippen LogP contribution in [0.15, 0.2) is 255 Å². The highest BCUT2D eigenvalue weighted by Gasteiger charge is 2.19. The third-order valence-corrected chi connectivity index (χ3v) is 12.0. The van der Waals surface area contributed by atoms with E-state index >= 15 is 0 Å². The highest BCUT2D eigenvalue weighted by atomic mass is 15.2. The summed E-state index contributed by atoms with van der Waals surface area (Å²) in [5.41, 5.74) is 14.0. The van der Waals surface area contributed by atoms with Gasteiger partial charge in [-0.05, 0) is 138 Å². The van der Waals surface area contributed by atoms with Gasteiger partial charge in [0.1, 0.15) is 0 Å². The molecule has 0 radical (unpaired) electrons. The Hall–Kier alpha value is -8.20. The van der Waals surface area contributed by atoms with E-state index in [4.69, 9.17) is 0 Å². The summed E-state index contributed by atoms with van der Waals surface area (Å²) < 4.78 is 0. The Balaban J connectivity index is 0.983. The predicted molar refractivity (Wildman–Crippen MR) is 265 cm³/mol. The Morgan fingerprint density at radius 2 is 0.484 bits per heavy atom. The van der Waals surface area contributed by atoms with E-state index < -0.39 is 0 Å². The quantitative estimate of drug-likeness (QED) is 0.134. The van der Waals surface area contributed by atoms with E-state index in [0.29, 0.717) is 0 Å². The van der Waals surface area contributed by atoms with Gasteiger partial charge in [-0.1, -0.05) is 182 Å². The summed E-state index contributed by atoms with van der Waals surface area (Å²) in [6, 6.07) is 91.9. The summed E-state index contributed by atoms with van der Waals surface area (Å²) in [6.07, 6.45) is 0. The summed E-state index contributed by atoms with van der Waals surface area (Å²) in [5, 5.41) is 7.50. The maximum absolute atomic E-state index is 2.34. The molecule has 11 rings (SSSR count). The van der Waals surface area contributed by atoms with Crippen LogP contribution in [0.5, 0.6) is 0 Å². The van der Waals surface area contributed by atoms with Crippen molar-refractivity contribution in [3.8, 4) is 33.4 Å². The molecule has 0 aliphatic heterocycles. The summed E-state index contributed by atoms with van der Waals surface area (Å²) >= 11 is 0. The second-order valence-electron chi connectivity index (χ2n) is 15.7. The highest BCUT2D eigenvalue weighted by Crippen LogP contribution is 2.45. The molecule has 0 aromatic heterocycles. The molecule has 2 nitrogen and oxygen atoms in total. The van der Waals surface area contributed by atoms with Crippen LogP contribution in [0, 0.1) is 0 Å². The zero-order valence-electron chi connectivity index (χ0n) is 34.1. The molecule has 62 heavy (non-hydrogen) atoms. The van der Waals surface area contributed by atoms with E-state index in [9.17, 15) is 0 Å². The van der Waals surface area contributed by atoms with E-state index in [1.165, 1.54) is 65.7 Å². The van der Waals surface area contributed by atoms with E-state index in [2.05, 4.69) is 265 Å². The first kappa shape index (κ1) is 36.8.